The Morgan fingerprint density at radius 3 is 2.13 bits per heavy atom. The summed E-state index contributed by atoms with van der Waals surface area (Å²) in [5.41, 5.74) is 1.26. The van der Waals surface area contributed by atoms with Gasteiger partial charge in [-0.05, 0) is 63.4 Å². The van der Waals surface area contributed by atoms with E-state index in [0.717, 1.165) is 5.56 Å². The molecule has 2 amide bonds. The molecule has 7 nitrogen and oxygen atoms in total. The van der Waals surface area contributed by atoms with E-state index in [-0.39, 0.29) is 17.4 Å². The fraction of sp³-hybridized carbons (Fsp3) is 0.375. The number of amides is 2. The number of nitrogens with one attached hydrogen (secondary N) is 2. The summed E-state index contributed by atoms with van der Waals surface area (Å²) in [5, 5.41) is 5.40. The van der Waals surface area contributed by atoms with Gasteiger partial charge in [-0.25, -0.2) is 9.59 Å². The Kier molecular flexibility index (Phi) is 8.19. The van der Waals surface area contributed by atoms with E-state index in [0.29, 0.717) is 12.2 Å². The molecule has 0 saturated carbocycles. The van der Waals surface area contributed by atoms with Crippen LogP contribution in [0.3, 0.4) is 0 Å². The molecule has 2 N–H and O–H groups in total. The van der Waals surface area contributed by atoms with E-state index < -0.39 is 23.8 Å². The van der Waals surface area contributed by atoms with Gasteiger partial charge in [-0.3, -0.25) is 10.1 Å². The van der Waals surface area contributed by atoms with Crippen molar-refractivity contribution >= 4 is 23.7 Å². The first kappa shape index (κ1) is 23.9. The van der Waals surface area contributed by atoms with Crippen LogP contribution in [0, 0.1) is 0 Å². The van der Waals surface area contributed by atoms with Gasteiger partial charge in [-0.15, -0.1) is 0 Å². The van der Waals surface area contributed by atoms with Gasteiger partial charge in [-0.2, -0.15) is 0 Å². The Labute approximate surface area is 183 Å². The quantitative estimate of drug-likeness (QED) is 0.636. The van der Waals surface area contributed by atoms with E-state index >= 15 is 0 Å². The second kappa shape index (κ2) is 10.6. The molecule has 166 valence electrons. The molecule has 0 aliphatic rings. The third-order valence-corrected chi connectivity index (χ3v) is 4.37. The van der Waals surface area contributed by atoms with Crippen molar-refractivity contribution < 1.29 is 23.9 Å². The summed E-state index contributed by atoms with van der Waals surface area (Å²) in [6.45, 7) is 9.29. The first-order valence-electron chi connectivity index (χ1n) is 10.2. The normalized spacial score (nSPS) is 12.9. The predicted molar refractivity (Wildman–Crippen MR) is 119 cm³/mol. The second-order valence-electron chi connectivity index (χ2n) is 8.31. The first-order valence-corrected chi connectivity index (χ1v) is 10.2. The van der Waals surface area contributed by atoms with Gasteiger partial charge in [0.2, 0.25) is 0 Å². The minimum Gasteiger partial charge on any atom is -0.449 e. The van der Waals surface area contributed by atoms with E-state index in [1.165, 1.54) is 19.1 Å². The highest BCUT2D eigenvalue weighted by Gasteiger charge is 2.20. The molecule has 0 radical (unpaired) electrons. The van der Waals surface area contributed by atoms with E-state index in [2.05, 4.69) is 10.6 Å². The fourth-order valence-corrected chi connectivity index (χ4v) is 2.69. The number of carbonyl (C=O) groups is 3. The summed E-state index contributed by atoms with van der Waals surface area (Å²) in [4.78, 5) is 36.4. The van der Waals surface area contributed by atoms with Crippen LogP contribution in [0.15, 0.2) is 54.6 Å². The number of hydrogen-bond donors (Lipinski definition) is 2. The smallest absolute Gasteiger partial charge is 0.412 e. The average molecular weight is 427 g/mol. The van der Waals surface area contributed by atoms with Gasteiger partial charge in [0.25, 0.3) is 5.91 Å². The Morgan fingerprint density at radius 2 is 1.55 bits per heavy atom. The maximum atomic E-state index is 12.3. The molecule has 0 heterocycles. The summed E-state index contributed by atoms with van der Waals surface area (Å²) in [5.74, 6) is -0.847. The monoisotopic (exact) mass is 426 g/mol. The van der Waals surface area contributed by atoms with Crippen LogP contribution in [-0.2, 0) is 14.3 Å². The maximum absolute atomic E-state index is 12.3. The van der Waals surface area contributed by atoms with Crippen LogP contribution in [0.4, 0.5) is 10.5 Å². The van der Waals surface area contributed by atoms with Crippen LogP contribution in [0.25, 0.3) is 0 Å². The summed E-state index contributed by atoms with van der Waals surface area (Å²) in [6, 6.07) is 16.0. The number of ether oxygens (including phenoxy) is 2. The first-order chi connectivity index (χ1) is 14.5. The number of carbonyl (C=O) groups excluding carboxylic acids is 3. The van der Waals surface area contributed by atoms with E-state index in [9.17, 15) is 14.4 Å². The fourth-order valence-electron chi connectivity index (χ4n) is 2.69. The van der Waals surface area contributed by atoms with E-state index in [1.807, 2.05) is 37.3 Å². The van der Waals surface area contributed by atoms with Gasteiger partial charge in [0, 0.05) is 12.2 Å². The Bertz CT molecular complexity index is 888. The molecule has 0 saturated heterocycles. The molecular formula is C24H30N2O5. The van der Waals surface area contributed by atoms with Crippen LogP contribution < -0.4 is 10.6 Å². The number of esters is 1. The lowest BCUT2D eigenvalue weighted by Gasteiger charge is -2.19. The molecular weight excluding hydrogens is 396 g/mol. The maximum Gasteiger partial charge on any atom is 0.412 e. The number of benzene rings is 2. The third-order valence-electron chi connectivity index (χ3n) is 4.37. The van der Waals surface area contributed by atoms with Crippen molar-refractivity contribution in [1.29, 1.82) is 0 Å². The van der Waals surface area contributed by atoms with Gasteiger partial charge in [-0.1, -0.05) is 37.3 Å². The van der Waals surface area contributed by atoms with Crippen molar-refractivity contribution in [3.8, 4) is 0 Å². The topological polar surface area (TPSA) is 93.7 Å². The number of anilines is 1. The lowest BCUT2D eigenvalue weighted by Crippen LogP contribution is -2.37. The zero-order chi connectivity index (χ0) is 23.0. The average Bonchev–Trinajstić information content (AvgIpc) is 2.71. The minimum absolute atomic E-state index is 0.137. The van der Waals surface area contributed by atoms with Crippen LogP contribution >= 0.6 is 0 Å². The number of rotatable bonds is 7. The predicted octanol–water partition coefficient (Wildman–Crippen LogP) is 4.50. The van der Waals surface area contributed by atoms with Crippen LogP contribution in [0.1, 0.15) is 56.5 Å². The van der Waals surface area contributed by atoms with Gasteiger partial charge in [0.1, 0.15) is 5.60 Å². The second-order valence-corrected chi connectivity index (χ2v) is 8.31. The Morgan fingerprint density at radius 1 is 0.935 bits per heavy atom. The zero-order valence-electron chi connectivity index (χ0n) is 18.6. The van der Waals surface area contributed by atoms with Crippen molar-refractivity contribution in [1.82, 2.24) is 5.32 Å². The summed E-state index contributed by atoms with van der Waals surface area (Å²) < 4.78 is 10.4. The van der Waals surface area contributed by atoms with Crippen molar-refractivity contribution in [2.24, 2.45) is 0 Å². The Hall–Kier alpha value is -3.35. The highest BCUT2D eigenvalue weighted by molar-refractivity contribution is 5.93. The molecule has 7 heteroatoms. The van der Waals surface area contributed by atoms with Gasteiger partial charge in [0.05, 0.1) is 5.56 Å². The van der Waals surface area contributed by atoms with Gasteiger partial charge < -0.3 is 14.8 Å². The van der Waals surface area contributed by atoms with Crippen LogP contribution in [0.5, 0.6) is 0 Å². The third kappa shape index (κ3) is 8.12. The molecule has 0 aliphatic carbocycles. The van der Waals surface area contributed by atoms with Gasteiger partial charge in [0.15, 0.2) is 6.10 Å². The van der Waals surface area contributed by atoms with Crippen LogP contribution in [-0.4, -0.2) is 36.2 Å². The molecule has 0 aliphatic heterocycles. The van der Waals surface area contributed by atoms with Crippen molar-refractivity contribution in [2.75, 3.05) is 11.9 Å². The largest absolute Gasteiger partial charge is 0.449 e. The van der Waals surface area contributed by atoms with E-state index in [4.69, 9.17) is 9.47 Å². The lowest BCUT2D eigenvalue weighted by atomic mass is 10.0. The van der Waals surface area contributed by atoms with Crippen molar-refractivity contribution in [3.63, 3.8) is 0 Å². The molecule has 0 unspecified atom stereocenters. The highest BCUT2D eigenvalue weighted by Crippen LogP contribution is 2.15. The number of hydrogen-bond acceptors (Lipinski definition) is 5. The summed E-state index contributed by atoms with van der Waals surface area (Å²) in [7, 11) is 0. The molecule has 0 spiro atoms. The molecule has 0 bridgehead atoms. The Balaban J connectivity index is 1.83. The molecule has 2 aromatic carbocycles. The molecule has 2 aromatic rings. The van der Waals surface area contributed by atoms with Crippen LogP contribution in [0.2, 0.25) is 0 Å². The van der Waals surface area contributed by atoms with E-state index in [1.54, 1.807) is 32.9 Å². The van der Waals surface area contributed by atoms with Crippen molar-refractivity contribution in [2.45, 2.75) is 52.2 Å². The standard InChI is InChI=1S/C24H30N2O5/c1-16(18-9-7-6-8-10-18)15-25-21(27)17(2)30-22(28)19-11-13-20(14-12-19)26-23(29)31-24(3,4)5/h6-14,16-17H,15H2,1-5H3,(H,25,27)(H,26,29)/t16-,17-/m0/s1. The summed E-state index contributed by atoms with van der Waals surface area (Å²) in [6.07, 6.45) is -1.52. The van der Waals surface area contributed by atoms with Gasteiger partial charge >= 0.3 is 12.1 Å². The molecule has 31 heavy (non-hydrogen) atoms. The molecule has 2 atom stereocenters. The molecule has 0 fully saturated rings. The minimum atomic E-state index is -0.935. The highest BCUT2D eigenvalue weighted by atomic mass is 16.6. The van der Waals surface area contributed by atoms with Crippen molar-refractivity contribution in [3.05, 3.63) is 65.7 Å². The lowest BCUT2D eigenvalue weighted by molar-refractivity contribution is -0.129. The summed E-state index contributed by atoms with van der Waals surface area (Å²) >= 11 is 0. The molecule has 2 rings (SSSR count). The SMILES string of the molecule is C[C@H](OC(=O)c1ccc(NC(=O)OC(C)(C)C)cc1)C(=O)NC[C@H](C)c1ccccc1. The zero-order valence-corrected chi connectivity index (χ0v) is 18.6. The molecule has 0 aromatic heterocycles.